The minimum Gasteiger partial charge on any atom is -0.266 e. The Bertz CT molecular complexity index is 464. The summed E-state index contributed by atoms with van der Waals surface area (Å²) in [7, 11) is 1.86. The van der Waals surface area contributed by atoms with Crippen LogP contribution in [0.5, 0.6) is 0 Å². The average molecular weight is 322 g/mol. The zero-order valence-electron chi connectivity index (χ0n) is 12.4. The molecule has 0 saturated carbocycles. The molecule has 0 bridgehead atoms. The van der Waals surface area contributed by atoms with Crippen LogP contribution in [-0.4, -0.2) is 34.2 Å². The first kappa shape index (κ1) is 16.6. The maximum Gasteiger partial charge on any atom is 0.435 e. The number of aromatic nitrogens is 2. The number of nitrogens with one attached hydrogen (secondary N) is 1. The van der Waals surface area contributed by atoms with Gasteiger partial charge in [-0.25, -0.2) is 4.31 Å². The molecular formula is C13H21F3N4S. The summed E-state index contributed by atoms with van der Waals surface area (Å²) in [6.45, 7) is 5.49. The molecule has 0 amide bonds. The summed E-state index contributed by atoms with van der Waals surface area (Å²) in [5.41, 5.74) is -0.111. The second kappa shape index (κ2) is 6.58. The molecule has 2 rings (SSSR count). The molecule has 1 aromatic rings. The molecule has 0 radical (unpaired) electrons. The zero-order valence-corrected chi connectivity index (χ0v) is 13.3. The number of hydrogen-bond acceptors (Lipinski definition) is 4. The zero-order chi connectivity index (χ0) is 15.6. The van der Waals surface area contributed by atoms with E-state index in [1.54, 1.807) is 16.8 Å². The largest absolute Gasteiger partial charge is 0.435 e. The minimum absolute atomic E-state index is 0.0262. The lowest BCUT2D eigenvalue weighted by molar-refractivity contribution is -0.141. The molecule has 1 fully saturated rings. The van der Waals surface area contributed by atoms with Gasteiger partial charge in [0.2, 0.25) is 0 Å². The summed E-state index contributed by atoms with van der Waals surface area (Å²) in [6.07, 6.45) is -2.75. The highest BCUT2D eigenvalue weighted by Crippen LogP contribution is 2.34. The third-order valence-electron chi connectivity index (χ3n) is 3.64. The smallest absolute Gasteiger partial charge is 0.266 e. The number of hydrogen-bond donors (Lipinski definition) is 1. The SMILES string of the molecule is CNSN1CCC(n2nc(C(F)(F)F)cc2C(C)C)CC1. The topological polar surface area (TPSA) is 33.1 Å². The van der Waals surface area contributed by atoms with Crippen LogP contribution in [0.25, 0.3) is 0 Å². The van der Waals surface area contributed by atoms with Crippen molar-refractivity contribution in [3.8, 4) is 0 Å². The molecule has 1 saturated heterocycles. The Morgan fingerprint density at radius 3 is 2.43 bits per heavy atom. The molecule has 0 aromatic carbocycles. The Morgan fingerprint density at radius 2 is 1.95 bits per heavy atom. The summed E-state index contributed by atoms with van der Waals surface area (Å²) >= 11 is 1.54. The van der Waals surface area contributed by atoms with E-state index in [1.165, 1.54) is 6.07 Å². The fourth-order valence-corrected chi connectivity index (χ4v) is 3.23. The molecule has 1 aliphatic rings. The molecule has 0 aliphatic carbocycles. The van der Waals surface area contributed by atoms with Crippen molar-refractivity contribution in [2.24, 2.45) is 0 Å². The van der Waals surface area contributed by atoms with Crippen molar-refractivity contribution in [2.45, 2.75) is 44.8 Å². The van der Waals surface area contributed by atoms with Crippen LogP contribution in [0.3, 0.4) is 0 Å². The van der Waals surface area contributed by atoms with Crippen LogP contribution < -0.4 is 4.72 Å². The average Bonchev–Trinajstić information content (AvgIpc) is 2.85. The standard InChI is InChI=1S/C13H21F3N4S/c1-9(2)11-8-12(13(14,15)16)18-20(11)10-4-6-19(7-5-10)21-17-3/h8-10,17H,4-7H2,1-3H3. The normalized spacial score (nSPS) is 18.6. The third-order valence-corrected chi connectivity index (χ3v) is 4.44. The van der Waals surface area contributed by atoms with Crippen LogP contribution in [0.15, 0.2) is 6.07 Å². The number of piperidine rings is 1. The highest BCUT2D eigenvalue weighted by Gasteiger charge is 2.36. The van der Waals surface area contributed by atoms with E-state index in [4.69, 9.17) is 0 Å². The van der Waals surface area contributed by atoms with Crippen molar-refractivity contribution in [3.63, 3.8) is 0 Å². The van der Waals surface area contributed by atoms with Gasteiger partial charge in [-0.15, -0.1) is 0 Å². The van der Waals surface area contributed by atoms with Gasteiger partial charge < -0.3 is 0 Å². The number of halogens is 3. The van der Waals surface area contributed by atoms with Gasteiger partial charge in [-0.2, -0.15) is 18.3 Å². The highest BCUT2D eigenvalue weighted by atomic mass is 32.2. The summed E-state index contributed by atoms with van der Waals surface area (Å²) in [6, 6.07) is 1.24. The van der Waals surface area contributed by atoms with Crippen LogP contribution in [0.2, 0.25) is 0 Å². The Morgan fingerprint density at radius 1 is 1.33 bits per heavy atom. The molecular weight excluding hydrogens is 301 g/mol. The molecule has 1 aromatic heterocycles. The maximum absolute atomic E-state index is 12.9. The van der Waals surface area contributed by atoms with Crippen LogP contribution in [0.1, 0.15) is 50.0 Å². The predicted molar refractivity (Wildman–Crippen MR) is 77.8 cm³/mol. The van der Waals surface area contributed by atoms with E-state index in [2.05, 4.69) is 14.1 Å². The first-order valence-electron chi connectivity index (χ1n) is 7.08. The lowest BCUT2D eigenvalue weighted by Gasteiger charge is -2.31. The van der Waals surface area contributed by atoms with Crippen LogP contribution in [-0.2, 0) is 6.18 Å². The minimum atomic E-state index is -4.38. The first-order chi connectivity index (χ1) is 9.82. The second-order valence-corrected chi connectivity index (χ2v) is 6.61. The van der Waals surface area contributed by atoms with Gasteiger partial charge in [0, 0.05) is 30.9 Å². The van der Waals surface area contributed by atoms with Crippen LogP contribution >= 0.6 is 12.1 Å². The van der Waals surface area contributed by atoms with Crippen molar-refractivity contribution < 1.29 is 13.2 Å². The Hall–Kier alpha value is -0.730. The van der Waals surface area contributed by atoms with E-state index in [9.17, 15) is 13.2 Å². The van der Waals surface area contributed by atoms with E-state index in [1.807, 2.05) is 20.9 Å². The Kier molecular flexibility index (Phi) is 5.21. The summed E-state index contributed by atoms with van der Waals surface area (Å²) in [5, 5.41) is 3.85. The third kappa shape index (κ3) is 3.92. The monoisotopic (exact) mass is 322 g/mol. The van der Waals surface area contributed by atoms with Gasteiger partial charge in [-0.3, -0.25) is 9.40 Å². The number of nitrogens with zero attached hydrogens (tertiary/aromatic N) is 3. The molecule has 120 valence electrons. The molecule has 1 aliphatic heterocycles. The van der Waals surface area contributed by atoms with Gasteiger partial charge in [0.05, 0.1) is 6.04 Å². The van der Waals surface area contributed by atoms with Crippen molar-refractivity contribution in [2.75, 3.05) is 20.1 Å². The fourth-order valence-electron chi connectivity index (χ4n) is 2.58. The summed E-state index contributed by atoms with van der Waals surface area (Å²) in [4.78, 5) is 0. The maximum atomic E-state index is 12.9. The lowest BCUT2D eigenvalue weighted by Crippen LogP contribution is -2.32. The molecule has 4 nitrogen and oxygen atoms in total. The predicted octanol–water partition coefficient (Wildman–Crippen LogP) is 3.44. The van der Waals surface area contributed by atoms with Gasteiger partial charge in [0.1, 0.15) is 0 Å². The second-order valence-electron chi connectivity index (χ2n) is 5.51. The van der Waals surface area contributed by atoms with E-state index < -0.39 is 11.9 Å². The van der Waals surface area contributed by atoms with E-state index >= 15 is 0 Å². The molecule has 1 N–H and O–H groups in total. The molecule has 0 unspecified atom stereocenters. The Balaban J connectivity index is 2.17. The molecule has 21 heavy (non-hydrogen) atoms. The van der Waals surface area contributed by atoms with Crippen molar-refractivity contribution in [1.29, 1.82) is 0 Å². The van der Waals surface area contributed by atoms with Gasteiger partial charge in [0.15, 0.2) is 5.69 Å². The first-order valence-corrected chi connectivity index (χ1v) is 7.85. The molecule has 0 atom stereocenters. The van der Waals surface area contributed by atoms with Crippen LogP contribution in [0, 0.1) is 0 Å². The van der Waals surface area contributed by atoms with Crippen molar-refractivity contribution >= 4 is 12.1 Å². The van der Waals surface area contributed by atoms with E-state index in [-0.39, 0.29) is 12.0 Å². The van der Waals surface area contributed by atoms with Crippen LogP contribution in [0.4, 0.5) is 13.2 Å². The summed E-state index contributed by atoms with van der Waals surface area (Å²) < 4.78 is 45.4. The summed E-state index contributed by atoms with van der Waals surface area (Å²) in [5.74, 6) is 0.0262. The van der Waals surface area contributed by atoms with Crippen molar-refractivity contribution in [1.82, 2.24) is 18.8 Å². The molecule has 2 heterocycles. The highest BCUT2D eigenvalue weighted by molar-refractivity contribution is 7.95. The number of alkyl halides is 3. The van der Waals surface area contributed by atoms with Gasteiger partial charge in [-0.05, 0) is 31.9 Å². The quantitative estimate of drug-likeness (QED) is 0.861. The van der Waals surface area contributed by atoms with Crippen molar-refractivity contribution in [3.05, 3.63) is 17.5 Å². The molecule has 0 spiro atoms. The number of rotatable bonds is 4. The van der Waals surface area contributed by atoms with Gasteiger partial charge >= 0.3 is 6.18 Å². The van der Waals surface area contributed by atoms with Gasteiger partial charge in [-0.1, -0.05) is 13.8 Å². The molecule has 8 heteroatoms. The lowest BCUT2D eigenvalue weighted by atomic mass is 10.0. The Labute approximate surface area is 127 Å². The van der Waals surface area contributed by atoms with Gasteiger partial charge in [0.25, 0.3) is 0 Å². The van der Waals surface area contributed by atoms with E-state index in [0.29, 0.717) is 5.69 Å². The van der Waals surface area contributed by atoms with E-state index in [0.717, 1.165) is 25.9 Å². The fraction of sp³-hybridized carbons (Fsp3) is 0.769.